The van der Waals surface area contributed by atoms with Crippen molar-refractivity contribution in [2.24, 2.45) is 11.8 Å². The van der Waals surface area contributed by atoms with Crippen LogP contribution in [0.5, 0.6) is 0 Å². The van der Waals surface area contributed by atoms with E-state index in [9.17, 15) is 0 Å². The van der Waals surface area contributed by atoms with Crippen LogP contribution in [0.1, 0.15) is 25.1 Å². The number of rotatable bonds is 3. The van der Waals surface area contributed by atoms with Gasteiger partial charge in [-0.3, -0.25) is 5.10 Å². The summed E-state index contributed by atoms with van der Waals surface area (Å²) in [7, 11) is 0. The largest absolute Gasteiger partial charge is 0.396 e. The molecule has 2 atom stereocenters. The number of nitrogen functional groups attached to an aromatic ring is 1. The van der Waals surface area contributed by atoms with Crippen molar-refractivity contribution >= 4 is 5.95 Å². The SMILES string of the molecule is Nc1n[nH]c(C[C@@H]2CC[C@H](CO)C2)n1. The number of hydrogen-bond acceptors (Lipinski definition) is 4. The minimum atomic E-state index is 0.315. The van der Waals surface area contributed by atoms with Crippen molar-refractivity contribution in [2.75, 3.05) is 12.3 Å². The lowest BCUT2D eigenvalue weighted by Crippen LogP contribution is -2.04. The third kappa shape index (κ3) is 2.04. The predicted octanol–water partition coefficient (Wildman–Crippen LogP) is 0.338. The highest BCUT2D eigenvalue weighted by Gasteiger charge is 2.24. The van der Waals surface area contributed by atoms with E-state index in [4.69, 9.17) is 10.8 Å². The van der Waals surface area contributed by atoms with E-state index >= 15 is 0 Å². The Labute approximate surface area is 82.7 Å². The molecule has 0 amide bonds. The van der Waals surface area contributed by atoms with Gasteiger partial charge in [0.25, 0.3) is 0 Å². The first kappa shape index (κ1) is 9.45. The van der Waals surface area contributed by atoms with E-state index in [-0.39, 0.29) is 0 Å². The topological polar surface area (TPSA) is 87.8 Å². The Morgan fingerprint density at radius 1 is 1.43 bits per heavy atom. The summed E-state index contributed by atoms with van der Waals surface area (Å²) in [5.74, 6) is 2.29. The van der Waals surface area contributed by atoms with Crippen molar-refractivity contribution in [3.63, 3.8) is 0 Å². The van der Waals surface area contributed by atoms with Crippen LogP contribution >= 0.6 is 0 Å². The van der Waals surface area contributed by atoms with Crippen molar-refractivity contribution in [1.82, 2.24) is 15.2 Å². The van der Waals surface area contributed by atoms with E-state index in [1.54, 1.807) is 0 Å². The van der Waals surface area contributed by atoms with E-state index in [0.717, 1.165) is 25.1 Å². The summed E-state index contributed by atoms with van der Waals surface area (Å²) in [5, 5.41) is 15.6. The molecule has 5 nitrogen and oxygen atoms in total. The molecule has 78 valence electrons. The second-order valence-corrected chi connectivity index (χ2v) is 4.07. The van der Waals surface area contributed by atoms with Gasteiger partial charge in [-0.15, -0.1) is 5.10 Å². The average Bonchev–Trinajstić information content (AvgIpc) is 2.76. The highest BCUT2D eigenvalue weighted by atomic mass is 16.3. The standard InChI is InChI=1S/C9H16N4O/c10-9-11-8(12-13-9)4-6-1-2-7(3-6)5-14/h6-7,14H,1-5H2,(H3,10,11,12,13)/t6-,7+/m1/s1. The van der Waals surface area contributed by atoms with Crippen LogP contribution in [0.4, 0.5) is 5.95 Å². The number of anilines is 1. The summed E-state index contributed by atoms with van der Waals surface area (Å²) in [6.45, 7) is 0.315. The third-order valence-electron chi connectivity index (χ3n) is 2.94. The van der Waals surface area contributed by atoms with E-state index < -0.39 is 0 Å². The van der Waals surface area contributed by atoms with E-state index in [2.05, 4.69) is 15.2 Å². The molecule has 0 spiro atoms. The highest BCUT2D eigenvalue weighted by molar-refractivity contribution is 5.12. The number of H-pyrrole nitrogens is 1. The Morgan fingerprint density at radius 3 is 2.79 bits per heavy atom. The normalized spacial score (nSPS) is 26.9. The lowest BCUT2D eigenvalue weighted by Gasteiger charge is -2.06. The van der Waals surface area contributed by atoms with Crippen LogP contribution in [-0.2, 0) is 6.42 Å². The number of hydrogen-bond donors (Lipinski definition) is 3. The molecular formula is C9H16N4O. The second kappa shape index (κ2) is 3.96. The van der Waals surface area contributed by atoms with Crippen molar-refractivity contribution in [2.45, 2.75) is 25.7 Å². The second-order valence-electron chi connectivity index (χ2n) is 4.07. The maximum atomic E-state index is 9.00. The Kier molecular flexibility index (Phi) is 2.67. The molecule has 1 heterocycles. The molecule has 1 aliphatic carbocycles. The van der Waals surface area contributed by atoms with Crippen LogP contribution in [0, 0.1) is 11.8 Å². The summed E-state index contributed by atoms with van der Waals surface area (Å²) in [6.07, 6.45) is 4.30. The number of aliphatic hydroxyl groups is 1. The Hall–Kier alpha value is -1.10. The molecule has 1 aliphatic rings. The van der Waals surface area contributed by atoms with Crippen LogP contribution in [0.2, 0.25) is 0 Å². The zero-order valence-electron chi connectivity index (χ0n) is 8.11. The van der Waals surface area contributed by atoms with Crippen LogP contribution in [-0.4, -0.2) is 26.9 Å². The van der Waals surface area contributed by atoms with Crippen LogP contribution in [0.15, 0.2) is 0 Å². The molecule has 0 saturated heterocycles. The van der Waals surface area contributed by atoms with Crippen molar-refractivity contribution in [3.05, 3.63) is 5.82 Å². The number of aliphatic hydroxyl groups excluding tert-OH is 1. The quantitative estimate of drug-likeness (QED) is 0.650. The summed E-state index contributed by atoms with van der Waals surface area (Å²) in [4.78, 5) is 4.07. The van der Waals surface area contributed by atoms with Gasteiger partial charge in [0.15, 0.2) is 0 Å². The van der Waals surface area contributed by atoms with Crippen molar-refractivity contribution in [3.8, 4) is 0 Å². The third-order valence-corrected chi connectivity index (χ3v) is 2.94. The van der Waals surface area contributed by atoms with Gasteiger partial charge in [-0.1, -0.05) is 0 Å². The highest BCUT2D eigenvalue weighted by Crippen LogP contribution is 2.32. The molecule has 1 aromatic heterocycles. The van der Waals surface area contributed by atoms with Gasteiger partial charge in [0.05, 0.1) is 0 Å². The molecular weight excluding hydrogens is 180 g/mol. The van der Waals surface area contributed by atoms with Crippen LogP contribution in [0.25, 0.3) is 0 Å². The van der Waals surface area contributed by atoms with E-state index in [1.807, 2.05) is 0 Å². The number of nitrogens with one attached hydrogen (secondary N) is 1. The lowest BCUT2D eigenvalue weighted by atomic mass is 10.0. The lowest BCUT2D eigenvalue weighted by molar-refractivity contribution is 0.226. The van der Waals surface area contributed by atoms with Gasteiger partial charge in [0.1, 0.15) is 5.82 Å². The van der Waals surface area contributed by atoms with Gasteiger partial charge in [-0.25, -0.2) is 0 Å². The first-order valence-corrected chi connectivity index (χ1v) is 5.05. The molecule has 1 saturated carbocycles. The average molecular weight is 196 g/mol. The Balaban J connectivity index is 1.87. The van der Waals surface area contributed by atoms with E-state index in [0.29, 0.717) is 24.4 Å². The summed E-state index contributed by atoms with van der Waals surface area (Å²) >= 11 is 0. The monoisotopic (exact) mass is 196 g/mol. The van der Waals surface area contributed by atoms with Gasteiger partial charge < -0.3 is 10.8 Å². The predicted molar refractivity (Wildman–Crippen MR) is 52.4 cm³/mol. The van der Waals surface area contributed by atoms with Gasteiger partial charge >= 0.3 is 0 Å². The molecule has 14 heavy (non-hydrogen) atoms. The van der Waals surface area contributed by atoms with Crippen LogP contribution in [0.3, 0.4) is 0 Å². The van der Waals surface area contributed by atoms with Gasteiger partial charge in [0, 0.05) is 13.0 Å². The smallest absolute Gasteiger partial charge is 0.239 e. The molecule has 1 fully saturated rings. The number of aromatic nitrogens is 3. The molecule has 2 rings (SSSR count). The molecule has 4 N–H and O–H groups in total. The maximum Gasteiger partial charge on any atom is 0.239 e. The molecule has 0 unspecified atom stereocenters. The number of nitrogens with zero attached hydrogens (tertiary/aromatic N) is 2. The Bertz CT molecular complexity index is 299. The number of nitrogens with two attached hydrogens (primary N) is 1. The Morgan fingerprint density at radius 2 is 2.21 bits per heavy atom. The summed E-state index contributed by atoms with van der Waals surface area (Å²) in [5.41, 5.74) is 5.41. The molecule has 5 heteroatoms. The zero-order valence-corrected chi connectivity index (χ0v) is 8.11. The molecule has 0 aliphatic heterocycles. The zero-order chi connectivity index (χ0) is 9.97. The molecule has 0 aromatic carbocycles. The summed E-state index contributed by atoms with van der Waals surface area (Å²) in [6, 6.07) is 0. The van der Waals surface area contributed by atoms with Gasteiger partial charge in [-0.05, 0) is 31.1 Å². The van der Waals surface area contributed by atoms with E-state index in [1.165, 1.54) is 6.42 Å². The number of aromatic amines is 1. The fourth-order valence-corrected chi connectivity index (χ4v) is 2.20. The fraction of sp³-hybridized carbons (Fsp3) is 0.778. The fourth-order valence-electron chi connectivity index (χ4n) is 2.20. The first-order valence-electron chi connectivity index (χ1n) is 5.05. The van der Waals surface area contributed by atoms with Gasteiger partial charge in [0.2, 0.25) is 5.95 Å². The minimum Gasteiger partial charge on any atom is -0.396 e. The van der Waals surface area contributed by atoms with Crippen molar-refractivity contribution in [1.29, 1.82) is 0 Å². The van der Waals surface area contributed by atoms with Crippen LogP contribution < -0.4 is 5.73 Å². The molecule has 0 radical (unpaired) electrons. The molecule has 1 aromatic rings. The summed E-state index contributed by atoms with van der Waals surface area (Å²) < 4.78 is 0. The minimum absolute atomic E-state index is 0.315. The van der Waals surface area contributed by atoms with Gasteiger partial charge in [-0.2, -0.15) is 4.98 Å². The first-order chi connectivity index (χ1) is 6.78. The van der Waals surface area contributed by atoms with Crippen molar-refractivity contribution < 1.29 is 5.11 Å². The molecule has 0 bridgehead atoms. The maximum absolute atomic E-state index is 9.00.